The summed E-state index contributed by atoms with van der Waals surface area (Å²) in [7, 11) is 0. The Morgan fingerprint density at radius 2 is 1.10 bits per heavy atom. The average Bonchev–Trinajstić information content (AvgIpc) is 2.35. The summed E-state index contributed by atoms with van der Waals surface area (Å²) in [5, 5.41) is 23.4. The summed E-state index contributed by atoms with van der Waals surface area (Å²) < 4.78 is 0. The monoisotopic (exact) mass is 288 g/mol. The molecule has 0 aromatic rings. The Kier molecular flexibility index (Phi) is 8.33. The second-order valence-corrected chi connectivity index (χ2v) is 4.38. The summed E-state index contributed by atoms with van der Waals surface area (Å²) in [6.07, 6.45) is -3.67. The Balaban J connectivity index is 4.13. The fraction of sp³-hybridized carbons (Fsp3) is 0.667. The minimum absolute atomic E-state index is 0.0178. The third-order valence-electron chi connectivity index (χ3n) is 2.39. The smallest absolute Gasteiger partial charge is 0.252 e. The molecule has 0 aromatic heterocycles. The highest BCUT2D eigenvalue weighted by molar-refractivity contribution is 5.91. The molecular formula is C12H20N2O6. The zero-order valence-corrected chi connectivity index (χ0v) is 11.5. The molecule has 114 valence electrons. The first kappa shape index (κ1) is 18.2. The van der Waals surface area contributed by atoms with Gasteiger partial charge in [0.15, 0.2) is 12.2 Å². The van der Waals surface area contributed by atoms with E-state index in [-0.39, 0.29) is 37.5 Å². The fourth-order valence-electron chi connectivity index (χ4n) is 1.22. The SMILES string of the molecule is CC(=O)CCNC(=O)[C@H](O)[C@@H](O)C(=O)NCCC(C)=O. The van der Waals surface area contributed by atoms with Gasteiger partial charge in [0.05, 0.1) is 0 Å². The van der Waals surface area contributed by atoms with E-state index >= 15 is 0 Å². The van der Waals surface area contributed by atoms with Gasteiger partial charge in [-0.3, -0.25) is 19.2 Å². The first-order valence-corrected chi connectivity index (χ1v) is 6.16. The van der Waals surface area contributed by atoms with Crippen LogP contribution in [0.4, 0.5) is 0 Å². The highest BCUT2D eigenvalue weighted by Gasteiger charge is 2.29. The van der Waals surface area contributed by atoms with Crippen molar-refractivity contribution < 1.29 is 29.4 Å². The normalized spacial score (nSPS) is 13.2. The highest BCUT2D eigenvalue weighted by atomic mass is 16.3. The molecular weight excluding hydrogens is 268 g/mol. The summed E-state index contributed by atoms with van der Waals surface area (Å²) in [5.74, 6) is -2.16. The Labute approximate surface area is 116 Å². The van der Waals surface area contributed by atoms with E-state index in [1.54, 1.807) is 0 Å². The van der Waals surface area contributed by atoms with Crippen LogP contribution in [-0.4, -0.2) is 58.9 Å². The number of Topliss-reactive ketones (excluding diaryl/α,β-unsaturated/α-hetero) is 2. The number of aliphatic hydroxyl groups excluding tert-OH is 2. The lowest BCUT2D eigenvalue weighted by atomic mass is 10.1. The number of nitrogens with one attached hydrogen (secondary N) is 2. The highest BCUT2D eigenvalue weighted by Crippen LogP contribution is 1.95. The molecule has 2 atom stereocenters. The molecule has 8 heteroatoms. The van der Waals surface area contributed by atoms with Crippen LogP contribution in [0.1, 0.15) is 26.7 Å². The topological polar surface area (TPSA) is 133 Å². The number of carbonyl (C=O) groups is 4. The molecule has 0 saturated carbocycles. The van der Waals surface area contributed by atoms with E-state index in [9.17, 15) is 29.4 Å². The Bertz CT molecular complexity index is 346. The largest absolute Gasteiger partial charge is 0.380 e. The Hall–Kier alpha value is -1.80. The van der Waals surface area contributed by atoms with Gasteiger partial charge >= 0.3 is 0 Å². The first-order valence-electron chi connectivity index (χ1n) is 6.16. The lowest BCUT2D eigenvalue weighted by molar-refractivity contribution is -0.146. The van der Waals surface area contributed by atoms with Crippen LogP contribution in [0.5, 0.6) is 0 Å². The van der Waals surface area contributed by atoms with Gasteiger partial charge in [0.1, 0.15) is 11.6 Å². The van der Waals surface area contributed by atoms with Crippen molar-refractivity contribution in [1.29, 1.82) is 0 Å². The summed E-state index contributed by atoms with van der Waals surface area (Å²) >= 11 is 0. The lowest BCUT2D eigenvalue weighted by Gasteiger charge is -2.16. The van der Waals surface area contributed by atoms with Crippen molar-refractivity contribution in [3.05, 3.63) is 0 Å². The molecule has 0 rings (SSSR count). The van der Waals surface area contributed by atoms with E-state index in [1.165, 1.54) is 13.8 Å². The third-order valence-corrected chi connectivity index (χ3v) is 2.39. The van der Waals surface area contributed by atoms with Crippen molar-refractivity contribution in [1.82, 2.24) is 10.6 Å². The summed E-state index contributed by atoms with van der Waals surface area (Å²) in [6.45, 7) is 2.73. The zero-order chi connectivity index (χ0) is 15.7. The second-order valence-electron chi connectivity index (χ2n) is 4.38. The zero-order valence-electron chi connectivity index (χ0n) is 11.5. The van der Waals surface area contributed by atoms with Crippen molar-refractivity contribution in [2.45, 2.75) is 38.9 Å². The number of ketones is 2. The van der Waals surface area contributed by atoms with E-state index in [0.29, 0.717) is 0 Å². The van der Waals surface area contributed by atoms with Crippen LogP contribution in [0.2, 0.25) is 0 Å². The average molecular weight is 288 g/mol. The maximum atomic E-state index is 11.4. The van der Waals surface area contributed by atoms with Crippen LogP contribution in [0.15, 0.2) is 0 Å². The van der Waals surface area contributed by atoms with Gasteiger partial charge in [-0.2, -0.15) is 0 Å². The summed E-state index contributed by atoms with van der Waals surface area (Å²) in [4.78, 5) is 44.1. The van der Waals surface area contributed by atoms with Crippen LogP contribution < -0.4 is 10.6 Å². The van der Waals surface area contributed by atoms with Crippen molar-refractivity contribution >= 4 is 23.4 Å². The number of carbonyl (C=O) groups excluding carboxylic acids is 4. The van der Waals surface area contributed by atoms with Crippen molar-refractivity contribution in [3.8, 4) is 0 Å². The Morgan fingerprint density at radius 1 is 0.800 bits per heavy atom. The lowest BCUT2D eigenvalue weighted by Crippen LogP contribution is -2.50. The van der Waals surface area contributed by atoms with E-state index in [1.807, 2.05) is 0 Å². The molecule has 0 aliphatic rings. The molecule has 0 unspecified atom stereocenters. The van der Waals surface area contributed by atoms with Crippen molar-refractivity contribution in [2.24, 2.45) is 0 Å². The molecule has 0 aliphatic carbocycles. The number of hydrogen-bond donors (Lipinski definition) is 4. The quantitative estimate of drug-likeness (QED) is 0.384. The second kappa shape index (κ2) is 9.16. The predicted octanol–water partition coefficient (Wildman–Crippen LogP) is -2.10. The standard InChI is InChI=1S/C12H20N2O6/c1-7(15)3-5-13-11(19)9(17)10(18)12(20)14-6-4-8(2)16/h9-10,17-18H,3-6H2,1-2H3,(H,13,19)(H,14,20)/t9-,10-/m1/s1. The molecule has 0 bridgehead atoms. The van der Waals surface area contributed by atoms with E-state index < -0.39 is 24.0 Å². The molecule has 0 fully saturated rings. The van der Waals surface area contributed by atoms with E-state index in [2.05, 4.69) is 10.6 Å². The molecule has 0 saturated heterocycles. The predicted molar refractivity (Wildman–Crippen MR) is 68.6 cm³/mol. The number of hydrogen-bond acceptors (Lipinski definition) is 6. The molecule has 0 aliphatic heterocycles. The van der Waals surface area contributed by atoms with E-state index in [0.717, 1.165) is 0 Å². The van der Waals surface area contributed by atoms with Gasteiger partial charge in [-0.25, -0.2) is 0 Å². The Morgan fingerprint density at radius 3 is 1.35 bits per heavy atom. The van der Waals surface area contributed by atoms with Crippen molar-refractivity contribution in [3.63, 3.8) is 0 Å². The number of amides is 2. The first-order chi connectivity index (χ1) is 9.25. The van der Waals surface area contributed by atoms with Gasteiger partial charge in [-0.05, 0) is 13.8 Å². The summed E-state index contributed by atoms with van der Waals surface area (Å²) in [5.41, 5.74) is 0. The van der Waals surface area contributed by atoms with Gasteiger partial charge in [0.25, 0.3) is 11.8 Å². The van der Waals surface area contributed by atoms with Crippen LogP contribution in [0, 0.1) is 0 Å². The molecule has 4 N–H and O–H groups in total. The van der Waals surface area contributed by atoms with Gasteiger partial charge in [-0.1, -0.05) is 0 Å². The maximum absolute atomic E-state index is 11.4. The molecule has 20 heavy (non-hydrogen) atoms. The van der Waals surface area contributed by atoms with E-state index in [4.69, 9.17) is 0 Å². The molecule has 0 spiro atoms. The minimum Gasteiger partial charge on any atom is -0.380 e. The van der Waals surface area contributed by atoms with Gasteiger partial charge < -0.3 is 20.8 Å². The van der Waals surface area contributed by atoms with Crippen molar-refractivity contribution in [2.75, 3.05) is 13.1 Å². The van der Waals surface area contributed by atoms with Gasteiger partial charge in [0.2, 0.25) is 0 Å². The minimum atomic E-state index is -1.93. The van der Waals surface area contributed by atoms with Crippen LogP contribution in [0.3, 0.4) is 0 Å². The number of aliphatic hydroxyl groups is 2. The molecule has 0 heterocycles. The van der Waals surface area contributed by atoms with Crippen LogP contribution >= 0.6 is 0 Å². The third kappa shape index (κ3) is 7.59. The summed E-state index contributed by atoms with van der Waals surface area (Å²) in [6, 6.07) is 0. The molecule has 0 radical (unpaired) electrons. The van der Waals surface area contributed by atoms with Crippen LogP contribution in [0.25, 0.3) is 0 Å². The van der Waals surface area contributed by atoms with Gasteiger partial charge in [-0.15, -0.1) is 0 Å². The molecule has 0 aromatic carbocycles. The molecule has 2 amide bonds. The fourth-order valence-corrected chi connectivity index (χ4v) is 1.22. The maximum Gasteiger partial charge on any atom is 0.252 e. The van der Waals surface area contributed by atoms with Crippen LogP contribution in [-0.2, 0) is 19.2 Å². The molecule has 8 nitrogen and oxygen atoms in total. The van der Waals surface area contributed by atoms with Gasteiger partial charge in [0, 0.05) is 25.9 Å². The number of rotatable bonds is 9.